The van der Waals surface area contributed by atoms with Crippen LogP contribution in [0.25, 0.3) is 0 Å². The number of carbonyl (C=O) groups excluding carboxylic acids is 1. The molecule has 1 aliphatic rings. The second-order valence-corrected chi connectivity index (χ2v) is 3.58. The predicted molar refractivity (Wildman–Crippen MR) is 48.1 cm³/mol. The van der Waals surface area contributed by atoms with Gasteiger partial charge in [-0.3, -0.25) is 4.79 Å². The third-order valence-electron chi connectivity index (χ3n) is 2.29. The summed E-state index contributed by atoms with van der Waals surface area (Å²) in [5.41, 5.74) is 0. The van der Waals surface area contributed by atoms with Crippen LogP contribution in [0.5, 0.6) is 0 Å². The van der Waals surface area contributed by atoms with Crippen molar-refractivity contribution in [3.63, 3.8) is 0 Å². The van der Waals surface area contributed by atoms with Crippen molar-refractivity contribution >= 4 is 5.78 Å². The van der Waals surface area contributed by atoms with Gasteiger partial charge in [0.15, 0.2) is 0 Å². The Balaban J connectivity index is 2.10. The molecule has 2 nitrogen and oxygen atoms in total. The molecular weight excluding hydrogens is 152 g/mol. The summed E-state index contributed by atoms with van der Waals surface area (Å²) in [7, 11) is 0. The van der Waals surface area contributed by atoms with Crippen molar-refractivity contribution in [1.82, 2.24) is 0 Å². The zero-order valence-electron chi connectivity index (χ0n) is 7.84. The molecule has 1 rings (SSSR count). The fraction of sp³-hybridized carbons (Fsp3) is 0.900. The summed E-state index contributed by atoms with van der Waals surface area (Å²) >= 11 is 0. The van der Waals surface area contributed by atoms with Crippen LogP contribution in [0, 0.1) is 5.92 Å². The van der Waals surface area contributed by atoms with Crippen LogP contribution in [0.2, 0.25) is 0 Å². The molecule has 1 aliphatic carbocycles. The molecule has 1 atom stereocenters. The highest BCUT2D eigenvalue weighted by Crippen LogP contribution is 2.21. The molecule has 12 heavy (non-hydrogen) atoms. The van der Waals surface area contributed by atoms with Crippen molar-refractivity contribution in [3.8, 4) is 0 Å². The van der Waals surface area contributed by atoms with E-state index < -0.39 is 0 Å². The SMILES string of the molecule is CCCOCC1CCCC(=O)C1. The largest absolute Gasteiger partial charge is 0.381 e. The summed E-state index contributed by atoms with van der Waals surface area (Å²) in [6, 6.07) is 0. The number of carbonyl (C=O) groups is 1. The Hall–Kier alpha value is -0.370. The van der Waals surface area contributed by atoms with Gasteiger partial charge in [-0.2, -0.15) is 0 Å². The van der Waals surface area contributed by atoms with E-state index in [0.29, 0.717) is 11.7 Å². The summed E-state index contributed by atoms with van der Waals surface area (Å²) in [5.74, 6) is 0.934. The zero-order valence-corrected chi connectivity index (χ0v) is 7.84. The molecule has 70 valence electrons. The van der Waals surface area contributed by atoms with Gasteiger partial charge >= 0.3 is 0 Å². The van der Waals surface area contributed by atoms with Gasteiger partial charge in [0.1, 0.15) is 5.78 Å². The summed E-state index contributed by atoms with van der Waals surface area (Å²) in [6.07, 6.45) is 4.86. The Morgan fingerprint density at radius 2 is 2.42 bits per heavy atom. The normalized spacial score (nSPS) is 24.4. The Morgan fingerprint density at radius 3 is 3.08 bits per heavy atom. The second kappa shape index (κ2) is 5.31. The third-order valence-corrected chi connectivity index (χ3v) is 2.29. The Labute approximate surface area is 74.3 Å². The first-order valence-corrected chi connectivity index (χ1v) is 4.92. The molecule has 0 N–H and O–H groups in total. The van der Waals surface area contributed by atoms with E-state index in [4.69, 9.17) is 4.74 Å². The molecule has 1 unspecified atom stereocenters. The van der Waals surface area contributed by atoms with Gasteiger partial charge in [0.05, 0.1) is 0 Å². The Morgan fingerprint density at radius 1 is 1.58 bits per heavy atom. The molecule has 1 fully saturated rings. The average Bonchev–Trinajstić information content (AvgIpc) is 2.05. The van der Waals surface area contributed by atoms with Gasteiger partial charge in [0.25, 0.3) is 0 Å². The van der Waals surface area contributed by atoms with Crippen LogP contribution >= 0.6 is 0 Å². The molecule has 0 spiro atoms. The van der Waals surface area contributed by atoms with Crippen LogP contribution in [-0.2, 0) is 9.53 Å². The molecule has 0 bridgehead atoms. The molecule has 0 saturated heterocycles. The summed E-state index contributed by atoms with van der Waals surface area (Å²) in [6.45, 7) is 3.73. The third kappa shape index (κ3) is 3.35. The smallest absolute Gasteiger partial charge is 0.133 e. The molecular formula is C10H18O2. The van der Waals surface area contributed by atoms with Gasteiger partial charge < -0.3 is 4.74 Å². The number of hydrogen-bond acceptors (Lipinski definition) is 2. The zero-order chi connectivity index (χ0) is 8.81. The van der Waals surface area contributed by atoms with Crippen LogP contribution in [0.3, 0.4) is 0 Å². The second-order valence-electron chi connectivity index (χ2n) is 3.58. The number of hydrogen-bond donors (Lipinski definition) is 0. The van der Waals surface area contributed by atoms with Crippen molar-refractivity contribution in [1.29, 1.82) is 0 Å². The lowest BCUT2D eigenvalue weighted by molar-refractivity contribution is -0.122. The molecule has 0 aliphatic heterocycles. The van der Waals surface area contributed by atoms with E-state index in [9.17, 15) is 4.79 Å². The van der Waals surface area contributed by atoms with Gasteiger partial charge in [-0.1, -0.05) is 6.92 Å². The molecule has 1 saturated carbocycles. The van der Waals surface area contributed by atoms with Gasteiger partial charge in [-0.25, -0.2) is 0 Å². The van der Waals surface area contributed by atoms with E-state index in [-0.39, 0.29) is 0 Å². The van der Waals surface area contributed by atoms with Gasteiger partial charge in [0, 0.05) is 26.1 Å². The van der Waals surface area contributed by atoms with Gasteiger partial charge in [-0.15, -0.1) is 0 Å². The van der Waals surface area contributed by atoms with Crippen molar-refractivity contribution < 1.29 is 9.53 Å². The highest BCUT2D eigenvalue weighted by molar-refractivity contribution is 5.79. The van der Waals surface area contributed by atoms with E-state index in [1.54, 1.807) is 0 Å². The summed E-state index contributed by atoms with van der Waals surface area (Å²) < 4.78 is 5.42. The highest BCUT2D eigenvalue weighted by Gasteiger charge is 2.18. The fourth-order valence-corrected chi connectivity index (χ4v) is 1.65. The summed E-state index contributed by atoms with van der Waals surface area (Å²) in [4.78, 5) is 11.1. The number of Topliss-reactive ketones (excluding diaryl/α,β-unsaturated/α-hetero) is 1. The maximum absolute atomic E-state index is 11.1. The van der Waals surface area contributed by atoms with E-state index in [2.05, 4.69) is 6.92 Å². The van der Waals surface area contributed by atoms with Crippen molar-refractivity contribution in [3.05, 3.63) is 0 Å². The number of ketones is 1. The lowest BCUT2D eigenvalue weighted by Gasteiger charge is -2.20. The lowest BCUT2D eigenvalue weighted by atomic mass is 9.89. The van der Waals surface area contributed by atoms with Gasteiger partial charge in [0.2, 0.25) is 0 Å². The van der Waals surface area contributed by atoms with Crippen LogP contribution in [0.1, 0.15) is 39.0 Å². The van der Waals surface area contributed by atoms with E-state index in [1.165, 1.54) is 6.42 Å². The number of rotatable bonds is 4. The predicted octanol–water partition coefficient (Wildman–Crippen LogP) is 2.17. The minimum Gasteiger partial charge on any atom is -0.381 e. The van der Waals surface area contributed by atoms with Crippen LogP contribution in [0.4, 0.5) is 0 Å². The van der Waals surface area contributed by atoms with Crippen LogP contribution in [0.15, 0.2) is 0 Å². The van der Waals surface area contributed by atoms with Crippen molar-refractivity contribution in [2.24, 2.45) is 5.92 Å². The van der Waals surface area contributed by atoms with E-state index in [1.807, 2.05) is 0 Å². The molecule has 0 aromatic carbocycles. The average molecular weight is 170 g/mol. The first kappa shape index (κ1) is 9.72. The minimum atomic E-state index is 0.423. The topological polar surface area (TPSA) is 26.3 Å². The Kier molecular flexibility index (Phi) is 4.30. The molecule has 0 amide bonds. The molecule has 0 aromatic heterocycles. The molecule has 0 radical (unpaired) electrons. The quantitative estimate of drug-likeness (QED) is 0.604. The highest BCUT2D eigenvalue weighted by atomic mass is 16.5. The fourth-order valence-electron chi connectivity index (χ4n) is 1.65. The first-order valence-electron chi connectivity index (χ1n) is 4.92. The van der Waals surface area contributed by atoms with E-state index in [0.717, 1.165) is 38.9 Å². The standard InChI is InChI=1S/C10H18O2/c1-2-6-12-8-9-4-3-5-10(11)7-9/h9H,2-8H2,1H3. The number of ether oxygens (including phenoxy) is 1. The first-order chi connectivity index (χ1) is 5.83. The van der Waals surface area contributed by atoms with Crippen LogP contribution < -0.4 is 0 Å². The van der Waals surface area contributed by atoms with Crippen LogP contribution in [-0.4, -0.2) is 19.0 Å². The van der Waals surface area contributed by atoms with Gasteiger partial charge in [-0.05, 0) is 25.2 Å². The monoisotopic (exact) mass is 170 g/mol. The molecule has 0 aromatic rings. The Bertz CT molecular complexity index is 143. The molecule has 2 heteroatoms. The minimum absolute atomic E-state index is 0.423. The summed E-state index contributed by atoms with van der Waals surface area (Å²) in [5, 5.41) is 0. The maximum Gasteiger partial charge on any atom is 0.133 e. The maximum atomic E-state index is 11.1. The van der Waals surface area contributed by atoms with Crippen molar-refractivity contribution in [2.75, 3.05) is 13.2 Å². The lowest BCUT2D eigenvalue weighted by Crippen LogP contribution is -2.19. The molecule has 0 heterocycles. The van der Waals surface area contributed by atoms with E-state index >= 15 is 0 Å². The van der Waals surface area contributed by atoms with Crippen molar-refractivity contribution in [2.45, 2.75) is 39.0 Å².